The molecule has 2 aromatic carbocycles. The molecule has 6 heteroatoms. The molecule has 130 valence electrons. The summed E-state index contributed by atoms with van der Waals surface area (Å²) in [4.78, 5) is 1.65. The molecular formula is C19H17F3N2O. The van der Waals surface area contributed by atoms with E-state index in [4.69, 9.17) is 10.00 Å². The first-order valence-corrected chi connectivity index (χ1v) is 7.89. The zero-order valence-electron chi connectivity index (χ0n) is 13.7. The van der Waals surface area contributed by atoms with Crippen LogP contribution in [0.15, 0.2) is 48.5 Å². The highest BCUT2D eigenvalue weighted by Gasteiger charge is 2.39. The lowest BCUT2D eigenvalue weighted by molar-refractivity contribution is -0.137. The van der Waals surface area contributed by atoms with Crippen LogP contribution in [-0.2, 0) is 16.5 Å². The Morgan fingerprint density at radius 3 is 2.52 bits per heavy atom. The van der Waals surface area contributed by atoms with Crippen LogP contribution in [0.25, 0.3) is 0 Å². The van der Waals surface area contributed by atoms with Gasteiger partial charge in [0.15, 0.2) is 0 Å². The minimum absolute atomic E-state index is 0.0250. The molecule has 0 bridgehead atoms. The summed E-state index contributed by atoms with van der Waals surface area (Å²) in [5.41, 5.74) is -0.313. The van der Waals surface area contributed by atoms with E-state index in [9.17, 15) is 13.2 Å². The average Bonchev–Trinajstić information content (AvgIpc) is 2.61. The van der Waals surface area contributed by atoms with Gasteiger partial charge < -0.3 is 9.64 Å². The number of morpholine rings is 1. The first kappa shape index (κ1) is 17.3. The number of nitriles is 1. The van der Waals surface area contributed by atoms with Crippen LogP contribution in [0.3, 0.4) is 0 Å². The van der Waals surface area contributed by atoms with Crippen LogP contribution in [0.5, 0.6) is 0 Å². The van der Waals surface area contributed by atoms with Crippen molar-refractivity contribution in [1.82, 2.24) is 0 Å². The van der Waals surface area contributed by atoms with Crippen molar-refractivity contribution in [2.45, 2.75) is 18.7 Å². The molecule has 1 saturated heterocycles. The number of hydrogen-bond acceptors (Lipinski definition) is 3. The Labute approximate surface area is 144 Å². The van der Waals surface area contributed by atoms with Crippen LogP contribution in [-0.4, -0.2) is 19.7 Å². The second kappa shape index (κ2) is 6.41. The first-order chi connectivity index (χ1) is 11.8. The highest BCUT2D eigenvalue weighted by Crippen LogP contribution is 2.40. The monoisotopic (exact) mass is 346 g/mol. The van der Waals surface area contributed by atoms with E-state index in [0.29, 0.717) is 13.2 Å². The Morgan fingerprint density at radius 1 is 1.16 bits per heavy atom. The summed E-state index contributed by atoms with van der Waals surface area (Å²) in [5.74, 6) is 0. The van der Waals surface area contributed by atoms with Crippen molar-refractivity contribution in [2.75, 3.05) is 24.6 Å². The maximum atomic E-state index is 13.4. The van der Waals surface area contributed by atoms with E-state index >= 15 is 0 Å². The fraction of sp³-hybridized carbons (Fsp3) is 0.316. The molecule has 0 radical (unpaired) electrons. The molecule has 3 rings (SSSR count). The summed E-state index contributed by atoms with van der Waals surface area (Å²) in [6, 6.07) is 14.8. The Hall–Kier alpha value is -2.52. The predicted octanol–water partition coefficient (Wildman–Crippen LogP) is 4.33. The van der Waals surface area contributed by atoms with Crippen molar-refractivity contribution in [1.29, 1.82) is 5.26 Å². The van der Waals surface area contributed by atoms with Gasteiger partial charge in [0.1, 0.15) is 5.60 Å². The molecular weight excluding hydrogens is 329 g/mol. The third-order valence-corrected chi connectivity index (χ3v) is 4.43. The number of benzene rings is 2. The zero-order valence-corrected chi connectivity index (χ0v) is 13.7. The number of hydrogen-bond donors (Lipinski definition) is 0. The molecule has 1 heterocycles. The number of rotatable bonds is 2. The van der Waals surface area contributed by atoms with Crippen molar-refractivity contribution in [2.24, 2.45) is 0 Å². The molecule has 0 spiro atoms. The molecule has 0 aliphatic carbocycles. The zero-order chi connectivity index (χ0) is 18.1. The molecule has 1 fully saturated rings. The Bertz CT molecular complexity index is 799. The number of anilines is 1. The Morgan fingerprint density at radius 2 is 1.88 bits per heavy atom. The first-order valence-electron chi connectivity index (χ1n) is 7.89. The van der Waals surface area contributed by atoms with Crippen LogP contribution < -0.4 is 4.90 Å². The van der Waals surface area contributed by atoms with Crippen LogP contribution in [0.4, 0.5) is 18.9 Å². The third kappa shape index (κ3) is 3.47. The lowest BCUT2D eigenvalue weighted by Crippen LogP contribution is -2.48. The second-order valence-electron chi connectivity index (χ2n) is 6.21. The minimum Gasteiger partial charge on any atom is -0.367 e. The lowest BCUT2D eigenvalue weighted by atomic mass is 9.93. The van der Waals surface area contributed by atoms with E-state index in [-0.39, 0.29) is 17.8 Å². The molecule has 2 aromatic rings. The van der Waals surface area contributed by atoms with E-state index in [1.165, 1.54) is 12.1 Å². The third-order valence-electron chi connectivity index (χ3n) is 4.43. The highest BCUT2D eigenvalue weighted by molar-refractivity contribution is 5.59. The largest absolute Gasteiger partial charge is 0.418 e. The molecule has 0 saturated carbocycles. The van der Waals surface area contributed by atoms with E-state index in [0.717, 1.165) is 11.6 Å². The number of ether oxygens (including phenoxy) is 1. The van der Waals surface area contributed by atoms with E-state index in [2.05, 4.69) is 0 Å². The van der Waals surface area contributed by atoms with Gasteiger partial charge in [-0.05, 0) is 30.7 Å². The average molecular weight is 346 g/mol. The topological polar surface area (TPSA) is 36.3 Å². The van der Waals surface area contributed by atoms with Gasteiger partial charge in [0.2, 0.25) is 0 Å². The molecule has 25 heavy (non-hydrogen) atoms. The summed E-state index contributed by atoms with van der Waals surface area (Å²) in [5, 5.41) is 9.06. The Kier molecular flexibility index (Phi) is 4.44. The van der Waals surface area contributed by atoms with Crippen LogP contribution in [0.1, 0.15) is 23.6 Å². The Balaban J connectivity index is 2.01. The van der Waals surface area contributed by atoms with Gasteiger partial charge in [0, 0.05) is 6.54 Å². The summed E-state index contributed by atoms with van der Waals surface area (Å²) in [6.45, 7) is 2.78. The van der Waals surface area contributed by atoms with Crippen LogP contribution >= 0.6 is 0 Å². The lowest BCUT2D eigenvalue weighted by Gasteiger charge is -2.42. The molecule has 0 amide bonds. The number of nitrogens with zero attached hydrogens (tertiary/aromatic N) is 2. The molecule has 1 atom stereocenters. The van der Waals surface area contributed by atoms with E-state index in [1.807, 2.05) is 43.3 Å². The number of halogens is 3. The smallest absolute Gasteiger partial charge is 0.367 e. The molecule has 1 unspecified atom stereocenters. The van der Waals surface area contributed by atoms with E-state index in [1.54, 1.807) is 4.90 Å². The molecule has 0 N–H and O–H groups in total. The highest BCUT2D eigenvalue weighted by atomic mass is 19.4. The summed E-state index contributed by atoms with van der Waals surface area (Å²) in [6.07, 6.45) is -4.48. The van der Waals surface area contributed by atoms with Crippen LogP contribution in [0.2, 0.25) is 0 Å². The maximum absolute atomic E-state index is 13.4. The van der Waals surface area contributed by atoms with Gasteiger partial charge in [-0.25, -0.2) is 0 Å². The summed E-state index contributed by atoms with van der Waals surface area (Å²) < 4.78 is 46.1. The minimum atomic E-state index is -4.48. The predicted molar refractivity (Wildman–Crippen MR) is 88.1 cm³/mol. The van der Waals surface area contributed by atoms with Gasteiger partial charge in [-0.1, -0.05) is 30.3 Å². The molecule has 3 nitrogen and oxygen atoms in total. The number of alkyl halides is 3. The van der Waals surface area contributed by atoms with Gasteiger partial charge in [-0.15, -0.1) is 0 Å². The quantitative estimate of drug-likeness (QED) is 0.812. The van der Waals surface area contributed by atoms with Crippen molar-refractivity contribution < 1.29 is 17.9 Å². The fourth-order valence-corrected chi connectivity index (χ4v) is 3.14. The normalized spacial score (nSPS) is 21.0. The van der Waals surface area contributed by atoms with Gasteiger partial charge in [-0.3, -0.25) is 0 Å². The summed E-state index contributed by atoms with van der Waals surface area (Å²) in [7, 11) is 0. The fourth-order valence-electron chi connectivity index (χ4n) is 3.14. The van der Waals surface area contributed by atoms with Gasteiger partial charge in [0.05, 0.1) is 36.0 Å². The van der Waals surface area contributed by atoms with Crippen molar-refractivity contribution in [3.63, 3.8) is 0 Å². The van der Waals surface area contributed by atoms with Crippen molar-refractivity contribution in [3.05, 3.63) is 65.2 Å². The van der Waals surface area contributed by atoms with Crippen molar-refractivity contribution >= 4 is 5.69 Å². The summed E-state index contributed by atoms with van der Waals surface area (Å²) >= 11 is 0. The van der Waals surface area contributed by atoms with Gasteiger partial charge >= 0.3 is 6.18 Å². The van der Waals surface area contributed by atoms with Crippen LogP contribution in [0, 0.1) is 11.3 Å². The SMILES string of the molecule is CC1(c2ccccc2)CN(c2cc(C#N)ccc2C(F)(F)F)CCO1. The molecule has 0 aromatic heterocycles. The maximum Gasteiger partial charge on any atom is 0.418 e. The molecule has 1 aliphatic heterocycles. The molecule has 1 aliphatic rings. The standard InChI is InChI=1S/C19H17F3N2O/c1-18(15-5-3-2-4-6-15)13-24(9-10-25-18)17-11-14(12-23)7-8-16(17)19(20,21)22/h2-8,11H,9-10,13H2,1H3. The van der Waals surface area contributed by atoms with E-state index < -0.39 is 17.3 Å². The second-order valence-corrected chi connectivity index (χ2v) is 6.21. The van der Waals surface area contributed by atoms with Gasteiger partial charge in [0.25, 0.3) is 0 Å². The van der Waals surface area contributed by atoms with Gasteiger partial charge in [-0.2, -0.15) is 18.4 Å². The van der Waals surface area contributed by atoms with Crippen molar-refractivity contribution in [3.8, 4) is 6.07 Å².